The van der Waals surface area contributed by atoms with Crippen LogP contribution in [0.15, 0.2) is 47.1 Å². The molecule has 2 rings (SSSR count). The van der Waals surface area contributed by atoms with Crippen molar-refractivity contribution >= 4 is 15.9 Å². The van der Waals surface area contributed by atoms with Gasteiger partial charge in [0.15, 0.2) is 0 Å². The Morgan fingerprint density at radius 3 is 2.31 bits per heavy atom. The van der Waals surface area contributed by atoms with Crippen molar-refractivity contribution in [1.82, 2.24) is 4.98 Å². The van der Waals surface area contributed by atoms with Gasteiger partial charge < -0.3 is 9.47 Å². The molecule has 0 spiro atoms. The fraction of sp³-hybridized carbons (Fsp3) is 0.0833. The van der Waals surface area contributed by atoms with Crippen molar-refractivity contribution in [2.45, 2.75) is 0 Å². The molecule has 3 nitrogen and oxygen atoms in total. The number of nitrogens with zero attached hydrogens (tertiary/aromatic N) is 1. The lowest BCUT2D eigenvalue weighted by atomic mass is 10.3. The van der Waals surface area contributed by atoms with E-state index in [0.29, 0.717) is 5.88 Å². The molecule has 0 saturated carbocycles. The van der Waals surface area contributed by atoms with E-state index >= 15 is 0 Å². The predicted molar refractivity (Wildman–Crippen MR) is 65.0 cm³/mol. The van der Waals surface area contributed by atoms with Gasteiger partial charge in [0.2, 0.25) is 5.88 Å². The maximum atomic E-state index is 5.56. The average Bonchev–Trinajstić information content (AvgIpc) is 2.30. The van der Waals surface area contributed by atoms with Crippen molar-refractivity contribution in [2.24, 2.45) is 0 Å². The first-order chi connectivity index (χ1) is 7.78. The van der Waals surface area contributed by atoms with Crippen LogP contribution in [0, 0.1) is 0 Å². The fourth-order valence-corrected chi connectivity index (χ4v) is 1.54. The summed E-state index contributed by atoms with van der Waals surface area (Å²) in [6.45, 7) is 0. The zero-order chi connectivity index (χ0) is 11.4. The standard InChI is InChI=1S/C12H10BrNO2/c1-15-9-5-7-10(8-6-9)16-12-4-2-3-11(13)14-12/h2-8H,1H3. The number of hydrogen-bond donors (Lipinski definition) is 0. The first kappa shape index (κ1) is 11.0. The Hall–Kier alpha value is -1.55. The molecule has 0 amide bonds. The van der Waals surface area contributed by atoms with Gasteiger partial charge in [-0.05, 0) is 46.3 Å². The van der Waals surface area contributed by atoms with E-state index in [-0.39, 0.29) is 0 Å². The lowest BCUT2D eigenvalue weighted by Gasteiger charge is -2.05. The fourth-order valence-electron chi connectivity index (χ4n) is 1.21. The second-order valence-electron chi connectivity index (χ2n) is 3.08. The third kappa shape index (κ3) is 2.73. The molecule has 0 radical (unpaired) electrons. The summed E-state index contributed by atoms with van der Waals surface area (Å²) < 4.78 is 11.4. The topological polar surface area (TPSA) is 31.4 Å². The van der Waals surface area contributed by atoms with E-state index in [2.05, 4.69) is 20.9 Å². The maximum absolute atomic E-state index is 5.56. The molecule has 4 heteroatoms. The Labute approximate surface area is 102 Å². The van der Waals surface area contributed by atoms with Crippen molar-refractivity contribution in [1.29, 1.82) is 0 Å². The molecule has 0 unspecified atom stereocenters. The Morgan fingerprint density at radius 1 is 1.00 bits per heavy atom. The van der Waals surface area contributed by atoms with Crippen LogP contribution in [0.5, 0.6) is 17.4 Å². The normalized spacial score (nSPS) is 9.88. The van der Waals surface area contributed by atoms with E-state index in [0.717, 1.165) is 16.1 Å². The molecule has 1 aromatic carbocycles. The molecule has 0 aliphatic rings. The second-order valence-corrected chi connectivity index (χ2v) is 3.89. The summed E-state index contributed by atoms with van der Waals surface area (Å²) >= 11 is 3.29. The molecule has 2 aromatic rings. The van der Waals surface area contributed by atoms with E-state index < -0.39 is 0 Å². The maximum Gasteiger partial charge on any atom is 0.220 e. The first-order valence-corrected chi connectivity index (χ1v) is 5.52. The van der Waals surface area contributed by atoms with Crippen LogP contribution in [-0.2, 0) is 0 Å². The molecule has 0 aliphatic heterocycles. The lowest BCUT2D eigenvalue weighted by molar-refractivity contribution is 0.412. The summed E-state index contributed by atoms with van der Waals surface area (Å²) in [6, 6.07) is 12.9. The number of halogens is 1. The van der Waals surface area contributed by atoms with Crippen LogP contribution in [0.3, 0.4) is 0 Å². The smallest absolute Gasteiger partial charge is 0.220 e. The van der Waals surface area contributed by atoms with Crippen LogP contribution in [-0.4, -0.2) is 12.1 Å². The summed E-state index contributed by atoms with van der Waals surface area (Å²) in [5, 5.41) is 0. The number of benzene rings is 1. The summed E-state index contributed by atoms with van der Waals surface area (Å²) in [6.07, 6.45) is 0. The highest BCUT2D eigenvalue weighted by Crippen LogP contribution is 2.23. The van der Waals surface area contributed by atoms with E-state index in [4.69, 9.17) is 9.47 Å². The molecule has 0 aliphatic carbocycles. The molecule has 0 fully saturated rings. The molecule has 1 aromatic heterocycles. The zero-order valence-electron chi connectivity index (χ0n) is 8.68. The van der Waals surface area contributed by atoms with Gasteiger partial charge in [0, 0.05) is 6.07 Å². The minimum Gasteiger partial charge on any atom is -0.497 e. The minimum absolute atomic E-state index is 0.555. The summed E-state index contributed by atoms with van der Waals surface area (Å²) in [7, 11) is 1.63. The van der Waals surface area contributed by atoms with Gasteiger partial charge in [0.1, 0.15) is 16.1 Å². The SMILES string of the molecule is COc1ccc(Oc2cccc(Br)n2)cc1. The Balaban J connectivity index is 2.14. The van der Waals surface area contributed by atoms with E-state index in [1.807, 2.05) is 36.4 Å². The van der Waals surface area contributed by atoms with Gasteiger partial charge in [-0.2, -0.15) is 0 Å². The number of ether oxygens (including phenoxy) is 2. The van der Waals surface area contributed by atoms with Gasteiger partial charge in [-0.15, -0.1) is 0 Å². The molecule has 16 heavy (non-hydrogen) atoms. The molecule has 1 heterocycles. The predicted octanol–water partition coefficient (Wildman–Crippen LogP) is 3.65. The average molecular weight is 280 g/mol. The number of methoxy groups -OCH3 is 1. The van der Waals surface area contributed by atoms with Crippen molar-refractivity contribution < 1.29 is 9.47 Å². The van der Waals surface area contributed by atoms with E-state index in [1.165, 1.54) is 0 Å². The van der Waals surface area contributed by atoms with Crippen LogP contribution in [0.2, 0.25) is 0 Å². The monoisotopic (exact) mass is 279 g/mol. The van der Waals surface area contributed by atoms with Crippen molar-refractivity contribution in [3.05, 3.63) is 47.1 Å². The van der Waals surface area contributed by atoms with Crippen LogP contribution in [0.1, 0.15) is 0 Å². The Kier molecular flexibility index (Phi) is 3.41. The van der Waals surface area contributed by atoms with Gasteiger partial charge in [-0.1, -0.05) is 6.07 Å². The third-order valence-corrected chi connectivity index (χ3v) is 2.41. The zero-order valence-corrected chi connectivity index (χ0v) is 10.3. The summed E-state index contributed by atoms with van der Waals surface area (Å²) in [4.78, 5) is 4.17. The highest BCUT2D eigenvalue weighted by molar-refractivity contribution is 9.10. The second kappa shape index (κ2) is 4.99. The van der Waals surface area contributed by atoms with Crippen LogP contribution in [0.4, 0.5) is 0 Å². The number of aromatic nitrogens is 1. The van der Waals surface area contributed by atoms with Gasteiger partial charge in [0.05, 0.1) is 7.11 Å². The van der Waals surface area contributed by atoms with Crippen LogP contribution < -0.4 is 9.47 Å². The summed E-state index contributed by atoms with van der Waals surface area (Å²) in [5.41, 5.74) is 0. The molecule has 0 saturated heterocycles. The van der Waals surface area contributed by atoms with Gasteiger partial charge >= 0.3 is 0 Å². The van der Waals surface area contributed by atoms with E-state index in [9.17, 15) is 0 Å². The Bertz CT molecular complexity index is 471. The van der Waals surface area contributed by atoms with Crippen molar-refractivity contribution in [2.75, 3.05) is 7.11 Å². The quantitative estimate of drug-likeness (QED) is 0.804. The minimum atomic E-state index is 0.555. The van der Waals surface area contributed by atoms with Gasteiger partial charge in [0.25, 0.3) is 0 Å². The van der Waals surface area contributed by atoms with Gasteiger partial charge in [-0.3, -0.25) is 0 Å². The largest absolute Gasteiger partial charge is 0.497 e. The molecular formula is C12H10BrNO2. The van der Waals surface area contributed by atoms with Crippen molar-refractivity contribution in [3.8, 4) is 17.4 Å². The molecule has 0 bridgehead atoms. The van der Waals surface area contributed by atoms with Crippen molar-refractivity contribution in [3.63, 3.8) is 0 Å². The molecule has 0 atom stereocenters. The van der Waals surface area contributed by atoms with Gasteiger partial charge in [-0.25, -0.2) is 4.98 Å². The third-order valence-electron chi connectivity index (χ3n) is 1.97. The summed E-state index contributed by atoms with van der Waals surface area (Å²) in [5.74, 6) is 2.08. The molecule has 0 N–H and O–H groups in total. The number of hydrogen-bond acceptors (Lipinski definition) is 3. The molecular weight excluding hydrogens is 270 g/mol. The number of pyridine rings is 1. The Morgan fingerprint density at radius 2 is 1.69 bits per heavy atom. The highest BCUT2D eigenvalue weighted by atomic mass is 79.9. The lowest BCUT2D eigenvalue weighted by Crippen LogP contribution is -1.88. The van der Waals surface area contributed by atoms with Crippen LogP contribution in [0.25, 0.3) is 0 Å². The van der Waals surface area contributed by atoms with Crippen LogP contribution >= 0.6 is 15.9 Å². The highest BCUT2D eigenvalue weighted by Gasteiger charge is 1.99. The molecule has 82 valence electrons. The number of rotatable bonds is 3. The first-order valence-electron chi connectivity index (χ1n) is 4.72. The van der Waals surface area contributed by atoms with E-state index in [1.54, 1.807) is 13.2 Å².